The summed E-state index contributed by atoms with van der Waals surface area (Å²) in [5, 5.41) is 3.51. The molecule has 0 spiro atoms. The van der Waals surface area contributed by atoms with E-state index < -0.39 is 0 Å². The highest BCUT2D eigenvalue weighted by atomic mass is 16.5. The number of morpholine rings is 1. The molecule has 0 bridgehead atoms. The molecule has 6 heteroatoms. The average molecular weight is 449 g/mol. The number of ether oxygens (including phenoxy) is 1. The molecular weight excluding hydrogens is 412 g/mol. The van der Waals surface area contributed by atoms with Gasteiger partial charge in [-0.25, -0.2) is 4.98 Å². The van der Waals surface area contributed by atoms with Crippen molar-refractivity contribution in [3.05, 3.63) is 42.1 Å². The Balaban J connectivity index is 1.52. The molecule has 1 saturated carbocycles. The molecule has 1 N–H and O–H groups in total. The molecule has 0 unspecified atom stereocenters. The minimum absolute atomic E-state index is 0.0564. The molecule has 2 aromatic rings. The average Bonchev–Trinajstić information content (AvgIpc) is 3.01. The Morgan fingerprint density at radius 2 is 1.97 bits per heavy atom. The second-order valence-electron chi connectivity index (χ2n) is 10.1. The molecule has 1 aromatic carbocycles. The van der Waals surface area contributed by atoms with Gasteiger partial charge in [-0.15, -0.1) is 0 Å². The van der Waals surface area contributed by atoms with Crippen LogP contribution in [0.1, 0.15) is 45.6 Å². The standard InChI is InChI=1S/C27H36N4O2/c1-4-20-14-19(3)23(15-18(20)2)27(32)31-17-21-6-5-9-28-26(21)29-24-8-7-22(16-25(24)31)30-10-12-33-13-11-30/h5-9,16,18-20,23H,4,10-15,17H2,1-3H3,(H,28,29)/t18-,19-,20+,23+/m0/s1. The van der Waals surface area contributed by atoms with E-state index in [0.29, 0.717) is 18.4 Å². The van der Waals surface area contributed by atoms with Crippen LogP contribution in [0.5, 0.6) is 0 Å². The summed E-state index contributed by atoms with van der Waals surface area (Å²) >= 11 is 0. The Labute approximate surface area is 197 Å². The molecule has 3 aliphatic rings. The molecule has 4 atom stereocenters. The number of anilines is 4. The lowest BCUT2D eigenvalue weighted by Gasteiger charge is -2.40. The first-order chi connectivity index (χ1) is 16.0. The second-order valence-corrected chi connectivity index (χ2v) is 10.1. The van der Waals surface area contributed by atoms with Crippen LogP contribution < -0.4 is 15.1 Å². The van der Waals surface area contributed by atoms with Crippen LogP contribution in [0.3, 0.4) is 0 Å². The zero-order valence-electron chi connectivity index (χ0n) is 20.1. The monoisotopic (exact) mass is 448 g/mol. The van der Waals surface area contributed by atoms with Gasteiger partial charge in [-0.05, 0) is 54.9 Å². The van der Waals surface area contributed by atoms with Gasteiger partial charge in [-0.2, -0.15) is 0 Å². The van der Waals surface area contributed by atoms with Gasteiger partial charge in [0, 0.05) is 36.5 Å². The van der Waals surface area contributed by atoms with Gasteiger partial charge in [0.15, 0.2) is 0 Å². The van der Waals surface area contributed by atoms with Crippen molar-refractivity contribution in [2.75, 3.05) is 41.4 Å². The van der Waals surface area contributed by atoms with Crippen molar-refractivity contribution >= 4 is 28.8 Å². The molecule has 176 valence electrons. The van der Waals surface area contributed by atoms with E-state index in [1.165, 1.54) is 6.42 Å². The van der Waals surface area contributed by atoms with Crippen molar-refractivity contribution < 1.29 is 9.53 Å². The number of amides is 1. The molecule has 3 heterocycles. The van der Waals surface area contributed by atoms with Gasteiger partial charge < -0.3 is 19.9 Å². The van der Waals surface area contributed by atoms with Gasteiger partial charge >= 0.3 is 0 Å². The highest BCUT2D eigenvalue weighted by Crippen LogP contribution is 2.43. The molecule has 0 radical (unpaired) electrons. The van der Waals surface area contributed by atoms with Crippen molar-refractivity contribution in [3.8, 4) is 0 Å². The lowest BCUT2D eigenvalue weighted by atomic mass is 9.68. The van der Waals surface area contributed by atoms with E-state index in [4.69, 9.17) is 4.74 Å². The third kappa shape index (κ3) is 4.33. The zero-order valence-corrected chi connectivity index (χ0v) is 20.1. The van der Waals surface area contributed by atoms with Crippen LogP contribution in [-0.2, 0) is 16.1 Å². The quantitative estimate of drug-likeness (QED) is 0.698. The van der Waals surface area contributed by atoms with E-state index in [9.17, 15) is 4.79 Å². The van der Waals surface area contributed by atoms with Crippen molar-refractivity contribution in [1.29, 1.82) is 0 Å². The second kappa shape index (κ2) is 9.34. The minimum atomic E-state index is 0.0564. The highest BCUT2D eigenvalue weighted by molar-refractivity contribution is 6.00. The smallest absolute Gasteiger partial charge is 0.230 e. The minimum Gasteiger partial charge on any atom is -0.378 e. The van der Waals surface area contributed by atoms with E-state index in [-0.39, 0.29) is 11.8 Å². The Hall–Kier alpha value is -2.60. The number of hydrogen-bond acceptors (Lipinski definition) is 5. The first-order valence-corrected chi connectivity index (χ1v) is 12.5. The van der Waals surface area contributed by atoms with E-state index in [1.54, 1.807) is 6.20 Å². The maximum absolute atomic E-state index is 14.2. The Kier molecular flexibility index (Phi) is 6.28. The number of benzene rings is 1. The molecule has 2 fully saturated rings. The number of hydrogen-bond donors (Lipinski definition) is 1. The van der Waals surface area contributed by atoms with Crippen LogP contribution in [0.2, 0.25) is 0 Å². The summed E-state index contributed by atoms with van der Waals surface area (Å²) in [7, 11) is 0. The molecular formula is C27H36N4O2. The molecule has 2 aliphatic heterocycles. The maximum atomic E-state index is 14.2. The van der Waals surface area contributed by atoms with Crippen LogP contribution in [0.4, 0.5) is 22.9 Å². The number of nitrogens with zero attached hydrogens (tertiary/aromatic N) is 3. The van der Waals surface area contributed by atoms with Crippen molar-refractivity contribution in [1.82, 2.24) is 4.98 Å². The van der Waals surface area contributed by atoms with Crippen LogP contribution in [0, 0.1) is 23.7 Å². The van der Waals surface area contributed by atoms with Gasteiger partial charge in [0.05, 0.1) is 31.1 Å². The molecule has 1 aromatic heterocycles. The van der Waals surface area contributed by atoms with E-state index in [1.807, 2.05) is 11.0 Å². The first kappa shape index (κ1) is 22.2. The molecule has 6 nitrogen and oxygen atoms in total. The zero-order chi connectivity index (χ0) is 22.9. The third-order valence-corrected chi connectivity index (χ3v) is 8.02. The Bertz CT molecular complexity index is 1000. The fraction of sp³-hybridized carbons (Fsp3) is 0.556. The molecule has 33 heavy (non-hydrogen) atoms. The molecule has 5 rings (SSSR count). The summed E-state index contributed by atoms with van der Waals surface area (Å²) in [4.78, 5) is 23.1. The van der Waals surface area contributed by atoms with E-state index in [2.05, 4.69) is 60.2 Å². The topological polar surface area (TPSA) is 57.7 Å². The fourth-order valence-electron chi connectivity index (χ4n) is 5.94. The van der Waals surface area contributed by atoms with Crippen molar-refractivity contribution in [2.24, 2.45) is 23.7 Å². The van der Waals surface area contributed by atoms with Gasteiger partial charge in [-0.3, -0.25) is 4.79 Å². The Morgan fingerprint density at radius 3 is 2.76 bits per heavy atom. The van der Waals surface area contributed by atoms with E-state index in [0.717, 1.165) is 73.5 Å². The fourth-order valence-corrected chi connectivity index (χ4v) is 5.94. The largest absolute Gasteiger partial charge is 0.378 e. The number of rotatable bonds is 3. The maximum Gasteiger partial charge on any atom is 0.230 e. The van der Waals surface area contributed by atoms with Gasteiger partial charge in [0.25, 0.3) is 0 Å². The lowest BCUT2D eigenvalue weighted by molar-refractivity contribution is -0.126. The van der Waals surface area contributed by atoms with Gasteiger partial charge in [0.1, 0.15) is 5.82 Å². The predicted molar refractivity (Wildman–Crippen MR) is 133 cm³/mol. The first-order valence-electron chi connectivity index (χ1n) is 12.5. The number of fused-ring (bicyclic) bond motifs is 2. The summed E-state index contributed by atoms with van der Waals surface area (Å²) in [5.74, 6) is 2.85. The number of pyridine rings is 1. The summed E-state index contributed by atoms with van der Waals surface area (Å²) < 4.78 is 5.55. The molecule has 1 amide bonds. The van der Waals surface area contributed by atoms with Crippen molar-refractivity contribution in [3.63, 3.8) is 0 Å². The predicted octanol–water partition coefficient (Wildman–Crippen LogP) is 5.22. The van der Waals surface area contributed by atoms with Gasteiger partial charge in [-0.1, -0.05) is 33.3 Å². The van der Waals surface area contributed by atoms with E-state index >= 15 is 0 Å². The van der Waals surface area contributed by atoms with Crippen LogP contribution in [0.25, 0.3) is 0 Å². The van der Waals surface area contributed by atoms with Crippen LogP contribution >= 0.6 is 0 Å². The SMILES string of the molecule is CC[C@@H]1C[C@H](C)[C@H](C(=O)N2Cc3cccnc3Nc3ccc(N4CCOCC4)cc32)C[C@@H]1C. The van der Waals surface area contributed by atoms with Crippen LogP contribution in [-0.4, -0.2) is 37.2 Å². The summed E-state index contributed by atoms with van der Waals surface area (Å²) in [5.41, 5.74) is 4.10. The third-order valence-electron chi connectivity index (χ3n) is 8.02. The molecule has 1 saturated heterocycles. The van der Waals surface area contributed by atoms with Crippen molar-refractivity contribution in [2.45, 2.75) is 46.6 Å². The lowest BCUT2D eigenvalue weighted by Crippen LogP contribution is -2.42. The number of nitrogens with one attached hydrogen (secondary N) is 1. The summed E-state index contributed by atoms with van der Waals surface area (Å²) in [6.45, 7) is 10.6. The number of carbonyl (C=O) groups excluding carboxylic acids is 1. The van der Waals surface area contributed by atoms with Crippen LogP contribution in [0.15, 0.2) is 36.5 Å². The number of carbonyl (C=O) groups is 1. The Morgan fingerprint density at radius 1 is 1.15 bits per heavy atom. The summed E-state index contributed by atoms with van der Waals surface area (Å²) in [6.07, 6.45) is 5.12. The van der Waals surface area contributed by atoms with Gasteiger partial charge in [0.2, 0.25) is 5.91 Å². The highest BCUT2D eigenvalue weighted by Gasteiger charge is 2.39. The normalized spacial score (nSPS) is 27.2. The summed E-state index contributed by atoms with van der Waals surface area (Å²) in [6, 6.07) is 10.5. The number of aromatic nitrogens is 1. The molecule has 1 aliphatic carbocycles.